The summed E-state index contributed by atoms with van der Waals surface area (Å²) in [5.74, 6) is 0.0677. The first kappa shape index (κ1) is 13.4. The number of para-hydroxylation sites is 1. The monoisotopic (exact) mass is 281 g/mol. The van der Waals surface area contributed by atoms with Gasteiger partial charge >= 0.3 is 10.4 Å². The van der Waals surface area contributed by atoms with Crippen LogP contribution in [0.4, 0.5) is 9.57 Å². The molecule has 0 saturated heterocycles. The zero-order chi connectivity index (χ0) is 13.9. The first-order chi connectivity index (χ1) is 8.97. The van der Waals surface area contributed by atoms with Gasteiger partial charge in [-0.2, -0.15) is 8.42 Å². The van der Waals surface area contributed by atoms with Crippen LogP contribution in [0.5, 0.6) is 5.75 Å². The lowest BCUT2D eigenvalue weighted by atomic mass is 10.2. The molecular weight excluding hydrogens is 269 g/mol. The molecule has 0 amide bonds. The molecule has 0 aromatic heterocycles. The molecule has 0 fully saturated rings. The Morgan fingerprint density at radius 2 is 1.58 bits per heavy atom. The highest BCUT2D eigenvalue weighted by Gasteiger charge is 2.21. The Labute approximate surface area is 111 Å². The Morgan fingerprint density at radius 1 is 1.00 bits per heavy atom. The first-order valence-corrected chi connectivity index (χ1v) is 6.86. The van der Waals surface area contributed by atoms with Crippen molar-refractivity contribution in [3.63, 3.8) is 0 Å². The van der Waals surface area contributed by atoms with Gasteiger partial charge in [0.25, 0.3) is 0 Å². The van der Waals surface area contributed by atoms with Crippen LogP contribution in [0.1, 0.15) is 5.56 Å². The van der Waals surface area contributed by atoms with E-state index >= 15 is 0 Å². The number of phenols is 1. The van der Waals surface area contributed by atoms with Gasteiger partial charge in [-0.3, -0.25) is 0 Å². The summed E-state index contributed by atoms with van der Waals surface area (Å²) in [4.78, 5) is 0. The summed E-state index contributed by atoms with van der Waals surface area (Å²) in [6.45, 7) is -0.136. The molecule has 0 heterocycles. The van der Waals surface area contributed by atoms with E-state index in [1.807, 2.05) is 0 Å². The van der Waals surface area contributed by atoms with Gasteiger partial charge in [0, 0.05) is 0 Å². The third-order valence-electron chi connectivity index (χ3n) is 2.57. The lowest BCUT2D eigenvalue weighted by Gasteiger charge is -2.19. The molecule has 0 atom stereocenters. The van der Waals surface area contributed by atoms with Gasteiger partial charge in [0.05, 0.1) is 12.2 Å². The molecule has 0 spiro atoms. The summed E-state index contributed by atoms with van der Waals surface area (Å²) in [6.07, 6.45) is 0. The van der Waals surface area contributed by atoms with Crippen molar-refractivity contribution in [3.8, 4) is 5.75 Å². The summed E-state index contributed by atoms with van der Waals surface area (Å²) in [7, 11) is -4.86. The molecule has 0 saturated carbocycles. The van der Waals surface area contributed by atoms with Gasteiger partial charge in [-0.25, -0.2) is 4.31 Å². The fourth-order valence-corrected chi connectivity index (χ4v) is 2.33. The van der Waals surface area contributed by atoms with Crippen LogP contribution in [0.15, 0.2) is 54.6 Å². The van der Waals surface area contributed by atoms with Gasteiger partial charge in [-0.1, -0.05) is 34.2 Å². The molecule has 4 nitrogen and oxygen atoms in total. The van der Waals surface area contributed by atoms with Gasteiger partial charge < -0.3 is 5.11 Å². The van der Waals surface area contributed by atoms with Crippen molar-refractivity contribution in [2.45, 2.75) is 6.54 Å². The van der Waals surface area contributed by atoms with Crippen LogP contribution >= 0.6 is 0 Å². The van der Waals surface area contributed by atoms with E-state index in [9.17, 15) is 12.3 Å². The summed E-state index contributed by atoms with van der Waals surface area (Å²) >= 11 is 0. The van der Waals surface area contributed by atoms with Crippen LogP contribution in [0, 0.1) is 0 Å². The van der Waals surface area contributed by atoms with E-state index < -0.39 is 10.4 Å². The van der Waals surface area contributed by atoms with E-state index in [-0.39, 0.29) is 18.0 Å². The maximum absolute atomic E-state index is 13.4. The van der Waals surface area contributed by atoms with E-state index in [0.29, 0.717) is 9.87 Å². The number of rotatable bonds is 4. The minimum absolute atomic E-state index is 0.0677. The molecule has 0 bridgehead atoms. The molecule has 0 aliphatic carbocycles. The van der Waals surface area contributed by atoms with Crippen molar-refractivity contribution in [2.75, 3.05) is 4.31 Å². The van der Waals surface area contributed by atoms with Crippen molar-refractivity contribution in [1.29, 1.82) is 0 Å². The van der Waals surface area contributed by atoms with Crippen LogP contribution in [0.3, 0.4) is 0 Å². The fraction of sp³-hybridized carbons (Fsp3) is 0.0769. The normalized spacial score (nSPS) is 11.2. The number of phenolic OH excluding ortho intramolecular Hbond substituents is 1. The Bertz CT molecular complexity index is 641. The van der Waals surface area contributed by atoms with Crippen molar-refractivity contribution in [2.24, 2.45) is 0 Å². The molecule has 0 aliphatic rings. The number of anilines is 1. The number of hydrogen-bond acceptors (Lipinski definition) is 3. The Morgan fingerprint density at radius 3 is 2.11 bits per heavy atom. The second-order valence-corrected chi connectivity index (χ2v) is 5.22. The standard InChI is InChI=1S/C13H12FNO3S/c14-19(17,18)15(12-4-2-1-3-5-12)10-11-6-8-13(16)9-7-11/h1-9,16H,10H2. The van der Waals surface area contributed by atoms with Gasteiger partial charge in [0.15, 0.2) is 0 Å². The van der Waals surface area contributed by atoms with Crippen LogP contribution in [0.2, 0.25) is 0 Å². The predicted molar refractivity (Wildman–Crippen MR) is 70.8 cm³/mol. The maximum Gasteiger partial charge on any atom is 0.399 e. The molecule has 2 rings (SSSR count). The zero-order valence-corrected chi connectivity index (χ0v) is 10.7. The fourth-order valence-electron chi connectivity index (χ4n) is 1.66. The molecule has 2 aromatic rings. The summed E-state index contributed by atoms with van der Waals surface area (Å²) in [6, 6.07) is 13.9. The number of benzene rings is 2. The van der Waals surface area contributed by atoms with E-state index in [2.05, 4.69) is 0 Å². The van der Waals surface area contributed by atoms with Gasteiger partial charge in [-0.15, -0.1) is 0 Å². The minimum Gasteiger partial charge on any atom is -0.508 e. The molecule has 0 aliphatic heterocycles. The molecule has 1 N–H and O–H groups in total. The summed E-state index contributed by atoms with van der Waals surface area (Å²) in [5, 5.41) is 9.16. The second-order valence-electron chi connectivity index (χ2n) is 3.95. The SMILES string of the molecule is O=S(=O)(F)N(Cc1ccc(O)cc1)c1ccccc1. The summed E-state index contributed by atoms with van der Waals surface area (Å²) in [5.41, 5.74) is 0.820. The lowest BCUT2D eigenvalue weighted by Crippen LogP contribution is -2.26. The van der Waals surface area contributed by atoms with Gasteiger partial charge in [0.2, 0.25) is 0 Å². The largest absolute Gasteiger partial charge is 0.508 e. The molecule has 2 aromatic carbocycles. The number of hydrogen-bond donors (Lipinski definition) is 1. The minimum atomic E-state index is -4.86. The Kier molecular flexibility index (Phi) is 3.71. The molecular formula is C13H12FNO3S. The van der Waals surface area contributed by atoms with Crippen LogP contribution < -0.4 is 4.31 Å². The third kappa shape index (κ3) is 3.45. The van der Waals surface area contributed by atoms with Gasteiger partial charge in [-0.05, 0) is 29.8 Å². The number of nitrogens with zero attached hydrogens (tertiary/aromatic N) is 1. The topological polar surface area (TPSA) is 57.6 Å². The summed E-state index contributed by atoms with van der Waals surface area (Å²) < 4.78 is 36.4. The van der Waals surface area contributed by atoms with Crippen molar-refractivity contribution in [3.05, 3.63) is 60.2 Å². The lowest BCUT2D eigenvalue weighted by molar-refractivity contribution is 0.475. The third-order valence-corrected chi connectivity index (χ3v) is 3.44. The Balaban J connectivity index is 2.33. The van der Waals surface area contributed by atoms with Crippen LogP contribution in [-0.2, 0) is 17.0 Å². The smallest absolute Gasteiger partial charge is 0.399 e. The van der Waals surface area contributed by atoms with E-state index in [0.717, 1.165) is 0 Å². The quantitative estimate of drug-likeness (QED) is 0.876. The molecule has 100 valence electrons. The molecule has 0 unspecified atom stereocenters. The van der Waals surface area contributed by atoms with E-state index in [1.165, 1.54) is 36.4 Å². The highest BCUT2D eigenvalue weighted by molar-refractivity contribution is 7.87. The van der Waals surface area contributed by atoms with Crippen molar-refractivity contribution >= 4 is 16.1 Å². The maximum atomic E-state index is 13.4. The molecule has 19 heavy (non-hydrogen) atoms. The van der Waals surface area contributed by atoms with Crippen molar-refractivity contribution in [1.82, 2.24) is 0 Å². The number of halogens is 1. The highest BCUT2D eigenvalue weighted by Crippen LogP contribution is 2.22. The number of aromatic hydroxyl groups is 1. The second kappa shape index (κ2) is 5.27. The van der Waals surface area contributed by atoms with Crippen molar-refractivity contribution < 1.29 is 17.4 Å². The highest BCUT2D eigenvalue weighted by atomic mass is 32.3. The predicted octanol–water partition coefficient (Wildman–Crippen LogP) is 2.61. The van der Waals surface area contributed by atoms with E-state index in [4.69, 9.17) is 5.11 Å². The average Bonchev–Trinajstić information content (AvgIpc) is 2.37. The zero-order valence-electron chi connectivity index (χ0n) is 9.90. The molecule has 6 heteroatoms. The van der Waals surface area contributed by atoms with Crippen LogP contribution in [0.25, 0.3) is 0 Å². The Hall–Kier alpha value is -2.08. The first-order valence-electron chi connectivity index (χ1n) is 5.52. The average molecular weight is 281 g/mol. The van der Waals surface area contributed by atoms with Crippen LogP contribution in [-0.4, -0.2) is 13.5 Å². The van der Waals surface area contributed by atoms with E-state index in [1.54, 1.807) is 18.2 Å². The molecule has 0 radical (unpaired) electrons. The van der Waals surface area contributed by atoms with Gasteiger partial charge in [0.1, 0.15) is 5.75 Å².